The Bertz CT molecular complexity index is 797. The van der Waals surface area contributed by atoms with Gasteiger partial charge in [0.25, 0.3) is 0 Å². The Kier molecular flexibility index (Phi) is 6.72. The second-order valence-corrected chi connectivity index (χ2v) is 7.81. The van der Waals surface area contributed by atoms with E-state index in [1.807, 2.05) is 54.0 Å². The fraction of sp³-hybridized carbons (Fsp3) is 0.412. The van der Waals surface area contributed by atoms with Gasteiger partial charge in [0.15, 0.2) is 0 Å². The molecule has 0 aliphatic carbocycles. The molecule has 0 saturated heterocycles. The van der Waals surface area contributed by atoms with Gasteiger partial charge in [-0.05, 0) is 19.1 Å². The number of aryl methyl sites for hydroxylation is 2. The Morgan fingerprint density at radius 1 is 1.28 bits per heavy atom. The summed E-state index contributed by atoms with van der Waals surface area (Å²) in [7, 11) is 0.0627. The topological polar surface area (TPSA) is 70.6 Å². The van der Waals surface area contributed by atoms with E-state index < -0.39 is 10.0 Å². The fourth-order valence-corrected chi connectivity index (χ4v) is 3.85. The van der Waals surface area contributed by atoms with Crippen LogP contribution in [-0.2, 0) is 23.6 Å². The lowest BCUT2D eigenvalue weighted by atomic mass is 10.2. The van der Waals surface area contributed by atoms with Gasteiger partial charge in [0.1, 0.15) is 18.9 Å². The monoisotopic (exact) mass is 364 g/mol. The van der Waals surface area contributed by atoms with Gasteiger partial charge < -0.3 is 5.32 Å². The van der Waals surface area contributed by atoms with E-state index >= 15 is 0 Å². The SMILES string of the molecule is CN=CNCCN(CCn1cc[n+](C)c1)S(=O)(=O)c1ccc(C)cc1. The third-order valence-corrected chi connectivity index (χ3v) is 5.73. The molecule has 1 aromatic carbocycles. The number of sulfonamides is 1. The van der Waals surface area contributed by atoms with Gasteiger partial charge in [0.2, 0.25) is 16.4 Å². The fourth-order valence-electron chi connectivity index (χ4n) is 2.42. The number of nitrogens with zero attached hydrogens (tertiary/aromatic N) is 4. The number of aromatic nitrogens is 2. The minimum atomic E-state index is -3.54. The molecule has 0 bridgehead atoms. The van der Waals surface area contributed by atoms with E-state index in [0.29, 0.717) is 31.1 Å². The quantitative estimate of drug-likeness (QED) is 0.306. The standard InChI is InChI=1S/C17H26N5O2S/c1-16-4-6-17(7-5-16)25(23,24)22(9-8-19-14-18-2)13-12-21-11-10-20(3)15-21/h4-7,10-11,14-15H,8-9,12-13H2,1-3H3,(H,18,19)/q+1. The Balaban J connectivity index is 2.14. The molecule has 2 rings (SSSR count). The van der Waals surface area contributed by atoms with Crippen LogP contribution in [0.5, 0.6) is 0 Å². The van der Waals surface area contributed by atoms with Crippen LogP contribution in [0.15, 0.2) is 52.9 Å². The average Bonchev–Trinajstić information content (AvgIpc) is 2.99. The molecule has 25 heavy (non-hydrogen) atoms. The number of rotatable bonds is 9. The smallest absolute Gasteiger partial charge is 0.243 e. The van der Waals surface area contributed by atoms with Gasteiger partial charge in [-0.3, -0.25) is 4.99 Å². The number of hydrogen-bond donors (Lipinski definition) is 1. The molecule has 0 aliphatic rings. The normalized spacial score (nSPS) is 12.2. The van der Waals surface area contributed by atoms with Crippen molar-refractivity contribution in [3.63, 3.8) is 0 Å². The largest absolute Gasteiger partial charge is 0.375 e. The van der Waals surface area contributed by atoms with Crippen LogP contribution in [-0.4, -0.2) is 50.3 Å². The molecule has 0 atom stereocenters. The zero-order valence-corrected chi connectivity index (χ0v) is 15.8. The molecule has 0 amide bonds. The molecule has 136 valence electrons. The third kappa shape index (κ3) is 5.40. The lowest BCUT2D eigenvalue weighted by molar-refractivity contribution is -0.671. The van der Waals surface area contributed by atoms with E-state index in [1.54, 1.807) is 25.5 Å². The maximum Gasteiger partial charge on any atom is 0.243 e. The molecule has 1 aromatic heterocycles. The molecule has 0 aliphatic heterocycles. The second kappa shape index (κ2) is 8.77. The predicted molar refractivity (Wildman–Crippen MR) is 98.0 cm³/mol. The number of hydrogen-bond acceptors (Lipinski definition) is 3. The predicted octanol–water partition coefficient (Wildman–Crippen LogP) is 0.560. The summed E-state index contributed by atoms with van der Waals surface area (Å²) in [5.41, 5.74) is 1.03. The molecule has 8 heteroatoms. The first kappa shape index (κ1) is 19.1. The van der Waals surface area contributed by atoms with E-state index in [0.717, 1.165) is 5.56 Å². The van der Waals surface area contributed by atoms with Crippen molar-refractivity contribution in [1.82, 2.24) is 14.2 Å². The Morgan fingerprint density at radius 2 is 2.00 bits per heavy atom. The Hall–Kier alpha value is -2.19. The maximum atomic E-state index is 13.0. The van der Waals surface area contributed by atoms with Crippen molar-refractivity contribution < 1.29 is 13.0 Å². The van der Waals surface area contributed by atoms with Crippen molar-refractivity contribution in [2.75, 3.05) is 26.7 Å². The van der Waals surface area contributed by atoms with E-state index in [-0.39, 0.29) is 0 Å². The molecule has 0 fully saturated rings. The highest BCUT2D eigenvalue weighted by molar-refractivity contribution is 7.89. The van der Waals surface area contributed by atoms with Crippen molar-refractivity contribution in [1.29, 1.82) is 0 Å². The van der Waals surface area contributed by atoms with Crippen molar-refractivity contribution in [3.8, 4) is 0 Å². The summed E-state index contributed by atoms with van der Waals surface area (Å²) >= 11 is 0. The van der Waals surface area contributed by atoms with Crippen LogP contribution in [0.25, 0.3) is 0 Å². The van der Waals surface area contributed by atoms with Crippen molar-refractivity contribution in [2.24, 2.45) is 12.0 Å². The molecule has 1 heterocycles. The van der Waals surface area contributed by atoms with Crippen LogP contribution < -0.4 is 9.88 Å². The summed E-state index contributed by atoms with van der Waals surface area (Å²) in [4.78, 5) is 4.17. The van der Waals surface area contributed by atoms with Gasteiger partial charge in [0, 0.05) is 20.1 Å². The van der Waals surface area contributed by atoms with Gasteiger partial charge in [0.05, 0.1) is 24.8 Å². The summed E-state index contributed by atoms with van der Waals surface area (Å²) in [5.74, 6) is 0. The van der Waals surface area contributed by atoms with Gasteiger partial charge in [-0.1, -0.05) is 17.7 Å². The zero-order valence-electron chi connectivity index (χ0n) is 15.0. The molecule has 7 nitrogen and oxygen atoms in total. The number of imidazole rings is 1. The highest BCUT2D eigenvalue weighted by atomic mass is 32.2. The van der Waals surface area contributed by atoms with Gasteiger partial charge in [-0.25, -0.2) is 17.6 Å². The van der Waals surface area contributed by atoms with E-state index in [1.165, 1.54) is 4.31 Å². The van der Waals surface area contributed by atoms with E-state index in [4.69, 9.17) is 0 Å². The maximum absolute atomic E-state index is 13.0. The van der Waals surface area contributed by atoms with Crippen LogP contribution in [0.4, 0.5) is 0 Å². The van der Waals surface area contributed by atoms with Crippen molar-refractivity contribution in [3.05, 3.63) is 48.5 Å². The van der Waals surface area contributed by atoms with Crippen LogP contribution in [0.1, 0.15) is 5.56 Å². The molecule has 0 radical (unpaired) electrons. The van der Waals surface area contributed by atoms with Crippen molar-refractivity contribution in [2.45, 2.75) is 18.4 Å². The van der Waals surface area contributed by atoms with Crippen molar-refractivity contribution >= 4 is 16.4 Å². The first-order chi connectivity index (χ1) is 11.9. The number of nitrogens with one attached hydrogen (secondary N) is 1. The zero-order chi connectivity index (χ0) is 18.3. The second-order valence-electron chi connectivity index (χ2n) is 5.88. The van der Waals surface area contributed by atoms with Gasteiger partial charge in [-0.15, -0.1) is 0 Å². The Morgan fingerprint density at radius 3 is 2.60 bits per heavy atom. The summed E-state index contributed by atoms with van der Waals surface area (Å²) in [5, 5.41) is 2.99. The first-order valence-corrected chi connectivity index (χ1v) is 9.59. The molecule has 2 aromatic rings. The first-order valence-electron chi connectivity index (χ1n) is 8.15. The lowest BCUT2D eigenvalue weighted by Gasteiger charge is -2.21. The van der Waals surface area contributed by atoms with Gasteiger partial charge >= 0.3 is 0 Å². The minimum absolute atomic E-state index is 0.320. The molecular formula is C17H26N5O2S+. The number of aliphatic imine (C=N–C) groups is 1. The summed E-state index contributed by atoms with van der Waals surface area (Å²) in [6.07, 6.45) is 7.36. The molecule has 1 N–H and O–H groups in total. The third-order valence-electron chi connectivity index (χ3n) is 3.82. The highest BCUT2D eigenvalue weighted by Gasteiger charge is 2.24. The van der Waals surface area contributed by atoms with E-state index in [9.17, 15) is 8.42 Å². The molecular weight excluding hydrogens is 338 g/mol. The Labute approximate surface area is 149 Å². The summed E-state index contributed by atoms with van der Waals surface area (Å²) < 4.78 is 31.4. The summed E-state index contributed by atoms with van der Waals surface area (Å²) in [6.45, 7) is 3.80. The van der Waals surface area contributed by atoms with Gasteiger partial charge in [-0.2, -0.15) is 4.31 Å². The molecule has 0 spiro atoms. The average molecular weight is 364 g/mol. The summed E-state index contributed by atoms with van der Waals surface area (Å²) in [6, 6.07) is 6.96. The van der Waals surface area contributed by atoms with Crippen LogP contribution in [0.3, 0.4) is 0 Å². The van der Waals surface area contributed by atoms with Crippen LogP contribution in [0, 0.1) is 6.92 Å². The highest BCUT2D eigenvalue weighted by Crippen LogP contribution is 2.16. The van der Waals surface area contributed by atoms with E-state index in [2.05, 4.69) is 10.3 Å². The molecule has 0 unspecified atom stereocenters. The lowest BCUT2D eigenvalue weighted by Crippen LogP contribution is -2.38. The van der Waals surface area contributed by atoms with Crippen LogP contribution in [0.2, 0.25) is 0 Å². The molecule has 0 saturated carbocycles. The minimum Gasteiger partial charge on any atom is -0.375 e. The van der Waals surface area contributed by atoms with Crippen LogP contribution >= 0.6 is 0 Å². The number of benzene rings is 1.